The highest BCUT2D eigenvalue weighted by Crippen LogP contribution is 2.28. The summed E-state index contributed by atoms with van der Waals surface area (Å²) >= 11 is 1.25. The lowest BCUT2D eigenvalue weighted by Gasteiger charge is -2.03. The molecule has 0 atom stereocenters. The zero-order chi connectivity index (χ0) is 20.8. The van der Waals surface area contributed by atoms with Crippen molar-refractivity contribution < 1.29 is 18.7 Å². The van der Waals surface area contributed by atoms with Gasteiger partial charge in [-0.25, -0.2) is 9.37 Å². The van der Waals surface area contributed by atoms with Crippen molar-refractivity contribution in [2.24, 2.45) is 0 Å². The normalized spacial score (nSPS) is 10.7. The predicted octanol–water partition coefficient (Wildman–Crippen LogP) is 4.57. The van der Waals surface area contributed by atoms with Crippen LogP contribution in [0.3, 0.4) is 0 Å². The molecule has 0 aliphatic rings. The molecule has 1 aromatic heterocycles. The number of aromatic nitrogens is 1. The number of hydrogen-bond donors (Lipinski definition) is 2. The molecule has 0 saturated heterocycles. The molecule has 0 unspecified atom stereocenters. The van der Waals surface area contributed by atoms with Crippen LogP contribution in [0.2, 0.25) is 0 Å². The van der Waals surface area contributed by atoms with E-state index in [1.807, 2.05) is 0 Å². The van der Waals surface area contributed by atoms with E-state index in [-0.39, 0.29) is 17.6 Å². The molecular formula is C21H18FN3O3S. The summed E-state index contributed by atoms with van der Waals surface area (Å²) < 4.78 is 18.8. The second-order valence-corrected chi connectivity index (χ2v) is 6.87. The van der Waals surface area contributed by atoms with Gasteiger partial charge < -0.3 is 10.1 Å². The molecule has 2 amide bonds. The van der Waals surface area contributed by atoms with Crippen molar-refractivity contribution >= 4 is 40.0 Å². The van der Waals surface area contributed by atoms with E-state index in [0.717, 1.165) is 5.56 Å². The number of benzene rings is 2. The number of nitrogens with one attached hydrogen (secondary N) is 2. The number of carbonyl (C=O) groups is 2. The Kier molecular flexibility index (Phi) is 6.36. The maximum absolute atomic E-state index is 13.9. The van der Waals surface area contributed by atoms with Crippen LogP contribution in [-0.4, -0.2) is 23.9 Å². The van der Waals surface area contributed by atoms with Gasteiger partial charge in [-0.3, -0.25) is 14.9 Å². The Balaban J connectivity index is 1.62. The topological polar surface area (TPSA) is 80.3 Å². The third kappa shape index (κ3) is 5.49. The number of ether oxygens (including phenoxy) is 1. The van der Waals surface area contributed by atoms with Crippen molar-refractivity contribution in [3.8, 4) is 17.0 Å². The molecular weight excluding hydrogens is 393 g/mol. The third-order valence-corrected chi connectivity index (χ3v) is 4.60. The second kappa shape index (κ2) is 9.11. The lowest BCUT2D eigenvalue weighted by atomic mass is 10.1. The molecule has 2 N–H and O–H groups in total. The van der Waals surface area contributed by atoms with Crippen molar-refractivity contribution in [2.75, 3.05) is 17.7 Å². The quantitative estimate of drug-likeness (QED) is 0.583. The fourth-order valence-corrected chi connectivity index (χ4v) is 3.21. The number of carbonyl (C=O) groups excluding carboxylic acids is 2. The minimum atomic E-state index is -0.476. The summed E-state index contributed by atoms with van der Waals surface area (Å²) in [6, 6.07) is 11.6. The smallest absolute Gasteiger partial charge is 0.250 e. The van der Waals surface area contributed by atoms with Gasteiger partial charge in [0.25, 0.3) is 0 Å². The maximum Gasteiger partial charge on any atom is 0.250 e. The average Bonchev–Trinajstić information content (AvgIpc) is 3.15. The highest BCUT2D eigenvalue weighted by Gasteiger charge is 2.09. The van der Waals surface area contributed by atoms with Crippen LogP contribution < -0.4 is 15.4 Å². The summed E-state index contributed by atoms with van der Waals surface area (Å²) in [5, 5.41) is 7.51. The summed E-state index contributed by atoms with van der Waals surface area (Å²) in [5.74, 6) is -0.797. The van der Waals surface area contributed by atoms with Gasteiger partial charge in [-0.2, -0.15) is 0 Å². The number of thiazole rings is 1. The average molecular weight is 411 g/mol. The van der Waals surface area contributed by atoms with Gasteiger partial charge in [0.2, 0.25) is 11.8 Å². The van der Waals surface area contributed by atoms with Gasteiger partial charge in [-0.05, 0) is 42.0 Å². The Morgan fingerprint density at radius 2 is 1.90 bits per heavy atom. The summed E-state index contributed by atoms with van der Waals surface area (Å²) in [6.45, 7) is 1.44. The molecule has 6 nitrogen and oxygen atoms in total. The fraction of sp³-hybridized carbons (Fsp3) is 0.0952. The molecule has 3 aromatic rings. The first-order valence-corrected chi connectivity index (χ1v) is 9.49. The van der Waals surface area contributed by atoms with Gasteiger partial charge in [-0.15, -0.1) is 11.3 Å². The van der Waals surface area contributed by atoms with Crippen molar-refractivity contribution in [1.29, 1.82) is 0 Å². The molecule has 1 heterocycles. The van der Waals surface area contributed by atoms with Crippen molar-refractivity contribution in [1.82, 2.24) is 4.98 Å². The molecule has 148 valence electrons. The van der Waals surface area contributed by atoms with E-state index >= 15 is 0 Å². The second-order valence-electron chi connectivity index (χ2n) is 6.01. The zero-order valence-corrected chi connectivity index (χ0v) is 16.5. The van der Waals surface area contributed by atoms with Crippen LogP contribution in [0.15, 0.2) is 53.9 Å². The SMILES string of the molecule is COc1ccc(-c2csc(NC(=O)/C=C/c3ccc(NC(C)=O)cc3)n2)cc1F. The van der Waals surface area contributed by atoms with Gasteiger partial charge in [0.05, 0.1) is 12.8 Å². The molecule has 8 heteroatoms. The number of amides is 2. The largest absolute Gasteiger partial charge is 0.494 e. The van der Waals surface area contributed by atoms with Crippen molar-refractivity contribution in [2.45, 2.75) is 6.92 Å². The van der Waals surface area contributed by atoms with E-state index in [2.05, 4.69) is 15.6 Å². The minimum Gasteiger partial charge on any atom is -0.494 e. The van der Waals surface area contributed by atoms with Crippen LogP contribution in [0.1, 0.15) is 12.5 Å². The molecule has 0 radical (unpaired) electrons. The lowest BCUT2D eigenvalue weighted by molar-refractivity contribution is -0.114. The van der Waals surface area contributed by atoms with Gasteiger partial charge >= 0.3 is 0 Å². The van der Waals surface area contributed by atoms with Gasteiger partial charge in [0.1, 0.15) is 0 Å². The molecule has 3 rings (SSSR count). The van der Waals surface area contributed by atoms with E-state index < -0.39 is 5.82 Å². The molecule has 2 aromatic carbocycles. The van der Waals surface area contributed by atoms with Gasteiger partial charge in [0.15, 0.2) is 16.7 Å². The molecule has 0 aliphatic heterocycles. The first-order valence-electron chi connectivity index (χ1n) is 8.61. The van der Waals surface area contributed by atoms with Gasteiger partial charge in [-0.1, -0.05) is 12.1 Å². The van der Waals surface area contributed by atoms with E-state index in [0.29, 0.717) is 22.1 Å². The zero-order valence-electron chi connectivity index (χ0n) is 15.7. The molecule has 0 spiro atoms. The predicted molar refractivity (Wildman–Crippen MR) is 112 cm³/mol. The summed E-state index contributed by atoms with van der Waals surface area (Å²) in [5.41, 5.74) is 2.64. The Labute approximate surface area is 171 Å². The molecule has 0 bridgehead atoms. The maximum atomic E-state index is 13.9. The van der Waals surface area contributed by atoms with Crippen LogP contribution >= 0.6 is 11.3 Å². The van der Waals surface area contributed by atoms with Crippen LogP contribution in [0.4, 0.5) is 15.2 Å². The van der Waals surface area contributed by atoms with Crippen LogP contribution in [0, 0.1) is 5.82 Å². The van der Waals surface area contributed by atoms with Gasteiger partial charge in [0, 0.05) is 29.6 Å². The molecule has 0 saturated carbocycles. The first kappa shape index (κ1) is 20.2. The summed E-state index contributed by atoms with van der Waals surface area (Å²) in [4.78, 5) is 27.5. The van der Waals surface area contributed by atoms with E-state index in [1.165, 1.54) is 43.6 Å². The number of rotatable bonds is 6. The monoisotopic (exact) mass is 411 g/mol. The van der Waals surface area contributed by atoms with Crippen molar-refractivity contribution in [3.05, 3.63) is 65.3 Å². The lowest BCUT2D eigenvalue weighted by Crippen LogP contribution is -2.07. The molecule has 0 fully saturated rings. The number of methoxy groups -OCH3 is 1. The Bertz CT molecular complexity index is 1060. The summed E-state index contributed by atoms with van der Waals surface area (Å²) in [6.07, 6.45) is 3.04. The van der Waals surface area contributed by atoms with Crippen LogP contribution in [0.25, 0.3) is 17.3 Å². The van der Waals surface area contributed by atoms with Crippen LogP contribution in [-0.2, 0) is 9.59 Å². The summed E-state index contributed by atoms with van der Waals surface area (Å²) in [7, 11) is 1.40. The Morgan fingerprint density at radius 3 is 2.55 bits per heavy atom. The van der Waals surface area contributed by atoms with E-state index in [1.54, 1.807) is 41.8 Å². The number of halogens is 1. The molecule has 29 heavy (non-hydrogen) atoms. The van der Waals surface area contributed by atoms with E-state index in [9.17, 15) is 14.0 Å². The number of hydrogen-bond acceptors (Lipinski definition) is 5. The minimum absolute atomic E-state index is 0.145. The standard InChI is InChI=1S/C21H18FN3O3S/c1-13(26)23-16-7-3-14(4-8-16)5-10-20(27)25-21-24-18(12-29-21)15-6-9-19(28-2)17(22)11-15/h3-12H,1-2H3,(H,23,26)(H,24,25,27)/b10-5+. The highest BCUT2D eigenvalue weighted by molar-refractivity contribution is 7.14. The Hall–Kier alpha value is -3.52. The van der Waals surface area contributed by atoms with E-state index in [4.69, 9.17) is 4.74 Å². The first-order chi connectivity index (χ1) is 13.9. The highest BCUT2D eigenvalue weighted by atomic mass is 32.1. The number of anilines is 2. The fourth-order valence-electron chi connectivity index (χ4n) is 2.49. The molecule has 0 aliphatic carbocycles. The van der Waals surface area contributed by atoms with Crippen molar-refractivity contribution in [3.63, 3.8) is 0 Å². The number of nitrogens with zero attached hydrogens (tertiary/aromatic N) is 1. The Morgan fingerprint density at radius 1 is 1.14 bits per heavy atom. The third-order valence-electron chi connectivity index (χ3n) is 3.84. The van der Waals surface area contributed by atoms with Crippen LogP contribution in [0.5, 0.6) is 5.75 Å².